The molecule has 2 unspecified atom stereocenters. The largest absolute Gasteiger partial charge is 0.468 e. The predicted molar refractivity (Wildman–Crippen MR) is 105 cm³/mol. The fourth-order valence-electron chi connectivity index (χ4n) is 3.49. The van der Waals surface area contributed by atoms with E-state index in [9.17, 15) is 14.4 Å². The zero-order chi connectivity index (χ0) is 20.6. The number of likely N-dealkylation sites (tertiary alicyclic amines) is 1. The smallest absolute Gasteiger partial charge is 0.330 e. The lowest BCUT2D eigenvalue weighted by Gasteiger charge is -2.39. The summed E-state index contributed by atoms with van der Waals surface area (Å²) >= 11 is 0. The highest BCUT2D eigenvalue weighted by Crippen LogP contribution is 2.33. The van der Waals surface area contributed by atoms with Crippen molar-refractivity contribution in [3.8, 4) is 0 Å². The molecule has 0 radical (unpaired) electrons. The first-order chi connectivity index (χ1) is 13.4. The van der Waals surface area contributed by atoms with E-state index in [0.717, 1.165) is 5.56 Å². The number of piperidine rings is 1. The number of methoxy groups -OCH3 is 2. The number of ketones is 1. The van der Waals surface area contributed by atoms with Crippen molar-refractivity contribution < 1.29 is 23.9 Å². The van der Waals surface area contributed by atoms with E-state index in [4.69, 9.17) is 4.74 Å². The molecule has 1 heterocycles. The molecule has 28 heavy (non-hydrogen) atoms. The molecule has 152 valence electrons. The minimum absolute atomic E-state index is 0.0990. The number of hydrogen-bond acceptors (Lipinski definition) is 7. The number of carbonyl (C=O) groups is 3. The molecular weight excluding hydrogens is 360 g/mol. The van der Waals surface area contributed by atoms with Crippen molar-refractivity contribution in [1.82, 2.24) is 4.90 Å². The van der Waals surface area contributed by atoms with E-state index in [0.29, 0.717) is 38.9 Å². The Kier molecular flexibility index (Phi) is 7.87. The first-order valence-electron chi connectivity index (χ1n) is 9.40. The standard InChI is InChI=1S/C21H28N2O5/c1-16(19(25)27-2)22-12-7-11-21(20(26)28-3)15-23(13-10-18(21)24)14-17-8-5-4-6-9-17/h4-6,8-9,12,16H,7,10-11,13-15H2,1-3H3. The van der Waals surface area contributed by atoms with Gasteiger partial charge < -0.3 is 9.47 Å². The predicted octanol–water partition coefficient (Wildman–Crippen LogP) is 2.03. The summed E-state index contributed by atoms with van der Waals surface area (Å²) < 4.78 is 9.63. The van der Waals surface area contributed by atoms with Gasteiger partial charge >= 0.3 is 11.9 Å². The zero-order valence-electron chi connectivity index (χ0n) is 16.7. The second kappa shape index (κ2) is 10.1. The topological polar surface area (TPSA) is 85.3 Å². The van der Waals surface area contributed by atoms with Crippen molar-refractivity contribution in [2.75, 3.05) is 27.3 Å². The number of aliphatic imine (C=N–C) groups is 1. The molecule has 7 nitrogen and oxygen atoms in total. The lowest BCUT2D eigenvalue weighted by molar-refractivity contribution is -0.162. The highest BCUT2D eigenvalue weighted by Gasteiger charge is 2.49. The Bertz CT molecular complexity index is 709. The van der Waals surface area contributed by atoms with Crippen LogP contribution < -0.4 is 0 Å². The average molecular weight is 388 g/mol. The Morgan fingerprint density at radius 1 is 1.25 bits per heavy atom. The first kappa shape index (κ1) is 21.8. The van der Waals surface area contributed by atoms with Gasteiger partial charge in [0.25, 0.3) is 0 Å². The van der Waals surface area contributed by atoms with Crippen LogP contribution in [-0.4, -0.2) is 62.2 Å². The summed E-state index contributed by atoms with van der Waals surface area (Å²) in [5, 5.41) is 0. The molecule has 0 amide bonds. The van der Waals surface area contributed by atoms with E-state index in [1.807, 2.05) is 30.3 Å². The highest BCUT2D eigenvalue weighted by molar-refractivity contribution is 6.04. The molecule has 0 aliphatic carbocycles. The van der Waals surface area contributed by atoms with Crippen molar-refractivity contribution in [1.29, 1.82) is 0 Å². The lowest BCUT2D eigenvalue weighted by atomic mass is 9.75. The van der Waals surface area contributed by atoms with Gasteiger partial charge in [-0.1, -0.05) is 30.3 Å². The molecule has 0 spiro atoms. The van der Waals surface area contributed by atoms with Crippen molar-refractivity contribution in [2.24, 2.45) is 10.4 Å². The number of rotatable bonds is 8. The highest BCUT2D eigenvalue weighted by atomic mass is 16.5. The third kappa shape index (κ3) is 5.25. The lowest BCUT2D eigenvalue weighted by Crippen LogP contribution is -2.54. The third-order valence-corrected chi connectivity index (χ3v) is 5.08. The summed E-state index contributed by atoms with van der Waals surface area (Å²) in [5.41, 5.74) is -0.0773. The van der Waals surface area contributed by atoms with Gasteiger partial charge in [-0.05, 0) is 31.5 Å². The van der Waals surface area contributed by atoms with E-state index in [-0.39, 0.29) is 5.78 Å². The van der Waals surface area contributed by atoms with Crippen LogP contribution in [0, 0.1) is 5.41 Å². The number of carbonyl (C=O) groups excluding carboxylic acids is 3. The molecule has 0 saturated carbocycles. The number of nitrogens with zero attached hydrogens (tertiary/aromatic N) is 2. The van der Waals surface area contributed by atoms with Crippen LogP contribution in [0.5, 0.6) is 0 Å². The summed E-state index contributed by atoms with van der Waals surface area (Å²) in [6.07, 6.45) is 2.57. The molecule has 1 saturated heterocycles. The Morgan fingerprint density at radius 2 is 1.96 bits per heavy atom. The maximum absolute atomic E-state index is 12.8. The van der Waals surface area contributed by atoms with Crippen LogP contribution in [0.15, 0.2) is 35.3 Å². The average Bonchev–Trinajstić information content (AvgIpc) is 2.72. The first-order valence-corrected chi connectivity index (χ1v) is 9.40. The third-order valence-electron chi connectivity index (χ3n) is 5.08. The molecule has 1 aliphatic rings. The molecule has 1 aromatic rings. The van der Waals surface area contributed by atoms with E-state index in [1.54, 1.807) is 13.1 Å². The van der Waals surface area contributed by atoms with Crippen LogP contribution in [0.1, 0.15) is 31.7 Å². The second-order valence-electron chi connectivity index (χ2n) is 7.01. The molecule has 0 aromatic heterocycles. The molecule has 1 aromatic carbocycles. The molecule has 2 rings (SSSR count). The Balaban J connectivity index is 2.10. The normalized spacial score (nSPS) is 21.5. The van der Waals surface area contributed by atoms with E-state index in [1.165, 1.54) is 14.2 Å². The van der Waals surface area contributed by atoms with Gasteiger partial charge in [0.15, 0.2) is 5.78 Å². The minimum Gasteiger partial charge on any atom is -0.468 e. The van der Waals surface area contributed by atoms with E-state index < -0.39 is 23.4 Å². The van der Waals surface area contributed by atoms with Crippen LogP contribution in [0.3, 0.4) is 0 Å². The number of ether oxygens (including phenoxy) is 2. The van der Waals surface area contributed by atoms with Gasteiger partial charge in [-0.2, -0.15) is 0 Å². The van der Waals surface area contributed by atoms with Gasteiger partial charge in [-0.3, -0.25) is 19.5 Å². The molecule has 1 fully saturated rings. The zero-order valence-corrected chi connectivity index (χ0v) is 16.7. The summed E-state index contributed by atoms with van der Waals surface area (Å²) in [6, 6.07) is 9.33. The number of benzene rings is 1. The molecular formula is C21H28N2O5. The van der Waals surface area contributed by atoms with Crippen LogP contribution >= 0.6 is 0 Å². The summed E-state index contributed by atoms with van der Waals surface area (Å²) in [5.74, 6) is -1.04. The van der Waals surface area contributed by atoms with Crippen LogP contribution in [-0.2, 0) is 30.4 Å². The Hall–Kier alpha value is -2.54. The van der Waals surface area contributed by atoms with Gasteiger partial charge in [-0.25, -0.2) is 4.79 Å². The van der Waals surface area contributed by atoms with Crippen molar-refractivity contribution in [2.45, 2.75) is 38.8 Å². The fraction of sp³-hybridized carbons (Fsp3) is 0.524. The maximum atomic E-state index is 12.8. The number of hydrogen-bond donors (Lipinski definition) is 0. The maximum Gasteiger partial charge on any atom is 0.330 e. The Morgan fingerprint density at radius 3 is 2.61 bits per heavy atom. The number of esters is 2. The Labute approximate surface area is 165 Å². The van der Waals surface area contributed by atoms with Gasteiger partial charge in [0.05, 0.1) is 14.2 Å². The van der Waals surface area contributed by atoms with E-state index in [2.05, 4.69) is 14.6 Å². The molecule has 0 bridgehead atoms. The molecule has 7 heteroatoms. The molecule has 2 atom stereocenters. The second-order valence-corrected chi connectivity index (χ2v) is 7.01. The summed E-state index contributed by atoms with van der Waals surface area (Å²) in [7, 11) is 2.61. The van der Waals surface area contributed by atoms with E-state index >= 15 is 0 Å². The van der Waals surface area contributed by atoms with Crippen LogP contribution in [0.2, 0.25) is 0 Å². The van der Waals surface area contributed by atoms with Gasteiger partial charge in [0, 0.05) is 26.1 Å². The van der Waals surface area contributed by atoms with Gasteiger partial charge in [0.1, 0.15) is 11.5 Å². The van der Waals surface area contributed by atoms with Crippen molar-refractivity contribution in [3.63, 3.8) is 0 Å². The summed E-state index contributed by atoms with van der Waals surface area (Å²) in [6.45, 7) is 3.22. The monoisotopic (exact) mass is 388 g/mol. The van der Waals surface area contributed by atoms with Crippen LogP contribution in [0.25, 0.3) is 0 Å². The van der Waals surface area contributed by atoms with Crippen LogP contribution in [0.4, 0.5) is 0 Å². The van der Waals surface area contributed by atoms with Gasteiger partial charge in [-0.15, -0.1) is 0 Å². The quantitative estimate of drug-likeness (QED) is 0.385. The fourth-order valence-corrected chi connectivity index (χ4v) is 3.49. The summed E-state index contributed by atoms with van der Waals surface area (Å²) in [4.78, 5) is 43.0. The molecule has 1 aliphatic heterocycles. The minimum atomic E-state index is -1.21. The SMILES string of the molecule is COC(=O)C(C)N=CCCC1(C(=O)OC)CN(Cc2ccccc2)CCC1=O. The number of Topliss-reactive ketones (excluding diaryl/α,β-unsaturated/α-hetero) is 1. The van der Waals surface area contributed by atoms with Crippen molar-refractivity contribution in [3.05, 3.63) is 35.9 Å². The van der Waals surface area contributed by atoms with Gasteiger partial charge in [0.2, 0.25) is 0 Å². The van der Waals surface area contributed by atoms with Crippen molar-refractivity contribution >= 4 is 23.9 Å². The molecule has 0 N–H and O–H groups in total.